The van der Waals surface area contributed by atoms with E-state index >= 15 is 0 Å². The Bertz CT molecular complexity index is 1040. The molecular formula is C19H15N3O6S2. The van der Waals surface area contributed by atoms with Crippen LogP contribution in [0.4, 0.5) is 0 Å². The van der Waals surface area contributed by atoms with Crippen molar-refractivity contribution in [3.63, 3.8) is 0 Å². The minimum absolute atomic E-state index is 0.182. The summed E-state index contributed by atoms with van der Waals surface area (Å²) in [4.78, 5) is 39.8. The van der Waals surface area contributed by atoms with Crippen LogP contribution in [0.1, 0.15) is 15.9 Å². The maximum absolute atomic E-state index is 12.7. The van der Waals surface area contributed by atoms with Gasteiger partial charge < -0.3 is 14.6 Å². The number of hydrogen-bond donors (Lipinski definition) is 2. The van der Waals surface area contributed by atoms with Gasteiger partial charge in [0.05, 0.1) is 12.0 Å². The van der Waals surface area contributed by atoms with Gasteiger partial charge in [0.2, 0.25) is 0 Å². The van der Waals surface area contributed by atoms with Crippen LogP contribution in [-0.2, 0) is 9.59 Å². The van der Waals surface area contributed by atoms with E-state index in [-0.39, 0.29) is 10.1 Å². The smallest absolute Gasteiger partial charge is 0.341 e. The highest BCUT2D eigenvalue weighted by Crippen LogP contribution is 2.34. The van der Waals surface area contributed by atoms with Crippen molar-refractivity contribution in [2.24, 2.45) is 0 Å². The Morgan fingerprint density at radius 1 is 1.27 bits per heavy atom. The van der Waals surface area contributed by atoms with E-state index in [0.717, 1.165) is 16.8 Å². The minimum atomic E-state index is -1.11. The van der Waals surface area contributed by atoms with E-state index in [0.29, 0.717) is 21.8 Å². The van der Waals surface area contributed by atoms with Crippen molar-refractivity contribution >= 4 is 52.2 Å². The Hall–Kier alpha value is -3.44. The van der Waals surface area contributed by atoms with Crippen molar-refractivity contribution in [3.8, 4) is 11.5 Å². The number of thiocarbonyl (C=S) groups is 1. The molecule has 11 heteroatoms. The summed E-state index contributed by atoms with van der Waals surface area (Å²) in [5, 5.41) is 9.74. The quantitative estimate of drug-likeness (QED) is 0.488. The Balaban J connectivity index is 1.76. The summed E-state index contributed by atoms with van der Waals surface area (Å²) in [5.74, 6) is -1.51. The van der Waals surface area contributed by atoms with E-state index in [2.05, 4.69) is 10.4 Å². The van der Waals surface area contributed by atoms with Gasteiger partial charge in [-0.25, -0.2) is 4.79 Å². The molecule has 1 aromatic carbocycles. The molecule has 0 aliphatic carbocycles. The first kappa shape index (κ1) is 21.3. The van der Waals surface area contributed by atoms with Gasteiger partial charge in [0.1, 0.15) is 0 Å². The lowest BCUT2D eigenvalue weighted by Crippen LogP contribution is -2.44. The summed E-state index contributed by atoms with van der Waals surface area (Å²) in [6, 6.07) is 7.81. The topological polar surface area (TPSA) is 118 Å². The molecular weight excluding hydrogens is 430 g/mol. The number of thioether (sulfide) groups is 1. The second kappa shape index (κ2) is 9.37. The minimum Gasteiger partial charge on any atom is -0.493 e. The van der Waals surface area contributed by atoms with Gasteiger partial charge in [-0.05, 0) is 48.1 Å². The van der Waals surface area contributed by atoms with Crippen molar-refractivity contribution in [2.45, 2.75) is 0 Å². The third kappa shape index (κ3) is 4.93. The molecule has 1 fully saturated rings. The monoisotopic (exact) mass is 445 g/mol. The number of amides is 2. The number of nitrogens with zero attached hydrogens (tertiary/aromatic N) is 2. The first-order valence-electron chi connectivity index (χ1n) is 8.40. The van der Waals surface area contributed by atoms with Crippen LogP contribution in [0.15, 0.2) is 47.6 Å². The molecule has 0 saturated carbocycles. The normalized spacial score (nSPS) is 14.7. The highest BCUT2D eigenvalue weighted by molar-refractivity contribution is 8.26. The second-order valence-electron chi connectivity index (χ2n) is 5.79. The molecule has 2 N–H and O–H groups in total. The highest BCUT2D eigenvalue weighted by Gasteiger charge is 2.33. The number of carbonyl (C=O) groups is 3. The molecule has 0 radical (unpaired) electrons. The van der Waals surface area contributed by atoms with Crippen LogP contribution in [0.3, 0.4) is 0 Å². The third-order valence-electron chi connectivity index (χ3n) is 3.79. The van der Waals surface area contributed by atoms with E-state index < -0.39 is 24.4 Å². The van der Waals surface area contributed by atoms with E-state index in [9.17, 15) is 14.4 Å². The zero-order valence-electron chi connectivity index (χ0n) is 15.5. The van der Waals surface area contributed by atoms with Crippen LogP contribution in [0.5, 0.6) is 11.5 Å². The number of carbonyl (C=O) groups excluding carboxylic acids is 2. The van der Waals surface area contributed by atoms with E-state index in [1.54, 1.807) is 24.3 Å². The molecule has 2 heterocycles. The van der Waals surface area contributed by atoms with Crippen LogP contribution >= 0.6 is 24.0 Å². The molecule has 30 heavy (non-hydrogen) atoms. The van der Waals surface area contributed by atoms with Crippen LogP contribution < -0.4 is 14.9 Å². The number of carboxylic acids is 1. The fourth-order valence-corrected chi connectivity index (χ4v) is 3.60. The summed E-state index contributed by atoms with van der Waals surface area (Å²) < 4.78 is 10.6. The molecule has 0 bridgehead atoms. The van der Waals surface area contributed by atoms with Gasteiger partial charge in [0.25, 0.3) is 11.8 Å². The number of hydrazine groups is 1. The molecule has 1 aromatic heterocycles. The summed E-state index contributed by atoms with van der Waals surface area (Å²) in [6.45, 7) is -0.508. The van der Waals surface area contributed by atoms with E-state index in [4.69, 9.17) is 26.8 Å². The predicted octanol–water partition coefficient (Wildman–Crippen LogP) is 2.10. The standard InChI is InChI=1S/C19H15N3O6S2/c1-27-14-8-11(2-3-13(14)28-10-16(23)24)9-15-18(26)22(19(29)30-15)21-17(25)12-4-6-20-7-5-12/h2-9H,10H2,1H3,(H,21,25)(H,23,24)/b15-9+. The number of nitrogens with one attached hydrogen (secondary N) is 1. The number of pyridine rings is 1. The fraction of sp³-hybridized carbons (Fsp3) is 0.105. The number of carboxylic acid groups (broad SMARTS) is 1. The van der Waals surface area contributed by atoms with Crippen LogP contribution in [0, 0.1) is 0 Å². The Morgan fingerprint density at radius 2 is 2.00 bits per heavy atom. The fourth-order valence-electron chi connectivity index (χ4n) is 2.42. The average molecular weight is 445 g/mol. The first-order chi connectivity index (χ1) is 14.4. The first-order valence-corrected chi connectivity index (χ1v) is 9.63. The number of methoxy groups -OCH3 is 1. The van der Waals surface area contributed by atoms with Gasteiger partial charge in [-0.15, -0.1) is 0 Å². The lowest BCUT2D eigenvalue weighted by molar-refractivity contribution is -0.139. The van der Waals surface area contributed by atoms with Crippen LogP contribution in [0.25, 0.3) is 6.08 Å². The van der Waals surface area contributed by atoms with Crippen LogP contribution in [0.2, 0.25) is 0 Å². The molecule has 0 unspecified atom stereocenters. The number of hydrogen-bond acceptors (Lipinski definition) is 8. The van der Waals surface area contributed by atoms with Gasteiger partial charge in [-0.3, -0.25) is 20.0 Å². The summed E-state index contributed by atoms with van der Waals surface area (Å²) >= 11 is 6.25. The number of rotatable bonds is 7. The third-order valence-corrected chi connectivity index (χ3v) is 5.09. The van der Waals surface area contributed by atoms with Crippen molar-refractivity contribution in [2.75, 3.05) is 13.7 Å². The SMILES string of the molecule is COc1cc(/C=C2/SC(=S)N(NC(=O)c3ccncc3)C2=O)ccc1OCC(=O)O. The zero-order chi connectivity index (χ0) is 21.7. The Labute approximate surface area is 180 Å². The van der Waals surface area contributed by atoms with Crippen molar-refractivity contribution < 1.29 is 29.0 Å². The van der Waals surface area contributed by atoms with E-state index in [1.807, 2.05) is 0 Å². The molecule has 2 aromatic rings. The van der Waals surface area contributed by atoms with Gasteiger partial charge in [-0.2, -0.15) is 5.01 Å². The lowest BCUT2D eigenvalue weighted by atomic mass is 10.2. The van der Waals surface area contributed by atoms with Crippen molar-refractivity contribution in [1.29, 1.82) is 0 Å². The Morgan fingerprint density at radius 3 is 2.67 bits per heavy atom. The molecule has 0 atom stereocenters. The summed E-state index contributed by atoms with van der Waals surface area (Å²) in [7, 11) is 1.42. The molecule has 1 aliphatic rings. The summed E-state index contributed by atoms with van der Waals surface area (Å²) in [5.41, 5.74) is 3.43. The number of benzene rings is 1. The highest BCUT2D eigenvalue weighted by atomic mass is 32.2. The maximum Gasteiger partial charge on any atom is 0.341 e. The predicted molar refractivity (Wildman–Crippen MR) is 113 cm³/mol. The number of aliphatic carboxylic acids is 1. The van der Waals surface area contributed by atoms with Gasteiger partial charge >= 0.3 is 5.97 Å². The molecule has 1 aliphatic heterocycles. The molecule has 0 spiro atoms. The van der Waals surface area contributed by atoms with Crippen molar-refractivity contribution in [1.82, 2.24) is 15.4 Å². The molecule has 154 valence electrons. The van der Waals surface area contributed by atoms with Gasteiger partial charge in [0, 0.05) is 18.0 Å². The zero-order valence-corrected chi connectivity index (χ0v) is 17.2. The van der Waals surface area contributed by atoms with Crippen LogP contribution in [-0.4, -0.2) is 50.9 Å². The van der Waals surface area contributed by atoms with Crippen molar-refractivity contribution in [3.05, 3.63) is 58.8 Å². The van der Waals surface area contributed by atoms with Gasteiger partial charge in [-0.1, -0.05) is 17.8 Å². The molecule has 9 nitrogen and oxygen atoms in total. The second-order valence-corrected chi connectivity index (χ2v) is 7.46. The Kier molecular flexibility index (Phi) is 6.65. The van der Waals surface area contributed by atoms with Gasteiger partial charge in [0.15, 0.2) is 22.4 Å². The lowest BCUT2D eigenvalue weighted by Gasteiger charge is -2.15. The maximum atomic E-state index is 12.7. The number of ether oxygens (including phenoxy) is 2. The molecule has 3 rings (SSSR count). The average Bonchev–Trinajstić information content (AvgIpc) is 3.00. The van der Waals surface area contributed by atoms with E-state index in [1.165, 1.54) is 31.6 Å². The molecule has 2 amide bonds. The number of aromatic nitrogens is 1. The largest absolute Gasteiger partial charge is 0.493 e. The molecule has 1 saturated heterocycles. The summed E-state index contributed by atoms with van der Waals surface area (Å²) in [6.07, 6.45) is 4.52.